The highest BCUT2D eigenvalue weighted by Crippen LogP contribution is 2.23. The molecule has 150 valence electrons. The molecule has 2 rings (SSSR count). The second-order valence-electron chi connectivity index (χ2n) is 8.06. The fourth-order valence-electron chi connectivity index (χ4n) is 3.62. The first kappa shape index (κ1) is 23.2. The highest BCUT2D eigenvalue weighted by Gasteiger charge is 2.30. The van der Waals surface area contributed by atoms with Gasteiger partial charge in [-0.25, -0.2) is 0 Å². The maximum Gasteiger partial charge on any atom is 0.191 e. The first-order valence-corrected chi connectivity index (χ1v) is 9.43. The molecule has 0 aliphatic carbocycles. The van der Waals surface area contributed by atoms with E-state index in [1.54, 1.807) is 0 Å². The molecule has 2 heterocycles. The van der Waals surface area contributed by atoms with Crippen molar-refractivity contribution in [2.24, 2.45) is 18.0 Å². The fraction of sp³-hybridized carbons (Fsp3) is 0.789. The van der Waals surface area contributed by atoms with Crippen molar-refractivity contribution in [2.45, 2.75) is 59.5 Å². The Hall–Kier alpha value is -0.830. The number of nitrogens with zero attached hydrogens (tertiary/aromatic N) is 4. The molecule has 0 bridgehead atoms. The Kier molecular flexibility index (Phi) is 8.85. The number of hydrogen-bond donors (Lipinski definition) is 2. The summed E-state index contributed by atoms with van der Waals surface area (Å²) in [6, 6.07) is 0. The van der Waals surface area contributed by atoms with Gasteiger partial charge in [0.1, 0.15) is 0 Å². The molecule has 1 aliphatic heterocycles. The van der Waals surface area contributed by atoms with Gasteiger partial charge in [0.2, 0.25) is 0 Å². The summed E-state index contributed by atoms with van der Waals surface area (Å²) in [5.74, 6) is 1.64. The van der Waals surface area contributed by atoms with Crippen LogP contribution < -0.4 is 10.6 Å². The summed E-state index contributed by atoms with van der Waals surface area (Å²) in [7, 11) is 3.81. The molecule has 26 heavy (non-hydrogen) atoms. The summed E-state index contributed by atoms with van der Waals surface area (Å²) in [6.07, 6.45) is 2.66. The second-order valence-corrected chi connectivity index (χ2v) is 8.06. The van der Waals surface area contributed by atoms with Gasteiger partial charge in [0.05, 0.1) is 5.69 Å². The normalized spacial score (nSPS) is 19.2. The van der Waals surface area contributed by atoms with Crippen molar-refractivity contribution < 1.29 is 0 Å². The molecule has 0 saturated carbocycles. The van der Waals surface area contributed by atoms with E-state index in [1.165, 1.54) is 37.2 Å². The lowest BCUT2D eigenvalue weighted by atomic mass is 9.93. The Balaban J connectivity index is 0.00000338. The molecular weight excluding hydrogens is 439 g/mol. The number of piperidine rings is 1. The number of nitrogens with one attached hydrogen (secondary N) is 2. The zero-order valence-corrected chi connectivity index (χ0v) is 19.8. The van der Waals surface area contributed by atoms with Crippen LogP contribution in [0.3, 0.4) is 0 Å². The minimum Gasteiger partial charge on any atom is -0.355 e. The first-order valence-electron chi connectivity index (χ1n) is 9.43. The second kappa shape index (κ2) is 9.92. The average molecular weight is 476 g/mol. The van der Waals surface area contributed by atoms with Gasteiger partial charge >= 0.3 is 0 Å². The largest absolute Gasteiger partial charge is 0.355 e. The Labute approximate surface area is 176 Å². The zero-order valence-electron chi connectivity index (χ0n) is 17.5. The van der Waals surface area contributed by atoms with Crippen molar-refractivity contribution >= 4 is 29.9 Å². The average Bonchev–Trinajstić information content (AvgIpc) is 2.80. The predicted octanol–water partition coefficient (Wildman–Crippen LogP) is 2.83. The van der Waals surface area contributed by atoms with Crippen LogP contribution in [0.5, 0.6) is 0 Å². The molecule has 1 unspecified atom stereocenters. The summed E-state index contributed by atoms with van der Waals surface area (Å²) in [4.78, 5) is 6.99. The minimum atomic E-state index is 0. The lowest BCUT2D eigenvalue weighted by Crippen LogP contribution is -2.55. The Bertz CT molecular complexity index is 607. The molecule has 0 radical (unpaired) electrons. The molecule has 1 fully saturated rings. The lowest BCUT2D eigenvalue weighted by molar-refractivity contribution is 0.0739. The molecule has 0 aromatic carbocycles. The number of likely N-dealkylation sites (tertiary alicyclic amines) is 1. The minimum absolute atomic E-state index is 0. The van der Waals surface area contributed by atoms with Gasteiger partial charge in [0.15, 0.2) is 5.96 Å². The molecule has 7 heteroatoms. The van der Waals surface area contributed by atoms with Crippen LogP contribution in [0.15, 0.2) is 4.99 Å². The van der Waals surface area contributed by atoms with Crippen molar-refractivity contribution in [1.29, 1.82) is 0 Å². The number of aryl methyl sites for hydroxylation is 2. The Morgan fingerprint density at radius 3 is 2.54 bits per heavy atom. The maximum absolute atomic E-state index is 4.48. The third-order valence-corrected chi connectivity index (χ3v) is 5.52. The SMILES string of the molecule is CN=C(NCc1c(C)nn(C)c1C)NCC(C)(C)N1CCCC(C)C1.I. The molecule has 0 spiro atoms. The molecular formula is C19H37IN6. The van der Waals surface area contributed by atoms with E-state index in [1.807, 2.05) is 18.8 Å². The number of aliphatic imine (C=N–C) groups is 1. The molecule has 0 amide bonds. The molecule has 1 atom stereocenters. The van der Waals surface area contributed by atoms with Crippen LogP contribution in [0.25, 0.3) is 0 Å². The number of rotatable bonds is 5. The van der Waals surface area contributed by atoms with Crippen LogP contribution in [0.4, 0.5) is 0 Å². The molecule has 2 N–H and O–H groups in total. The summed E-state index contributed by atoms with van der Waals surface area (Å²) in [5.41, 5.74) is 3.63. The number of aromatic nitrogens is 2. The highest BCUT2D eigenvalue weighted by molar-refractivity contribution is 14.0. The van der Waals surface area contributed by atoms with Crippen molar-refractivity contribution in [3.63, 3.8) is 0 Å². The zero-order chi connectivity index (χ0) is 18.6. The molecule has 1 aromatic rings. The van der Waals surface area contributed by atoms with Gasteiger partial charge in [-0.15, -0.1) is 24.0 Å². The summed E-state index contributed by atoms with van der Waals surface area (Å²) in [5, 5.41) is 11.4. The number of hydrogen-bond acceptors (Lipinski definition) is 3. The molecule has 6 nitrogen and oxygen atoms in total. The van der Waals surface area contributed by atoms with E-state index >= 15 is 0 Å². The van der Waals surface area contributed by atoms with Gasteiger partial charge < -0.3 is 10.6 Å². The van der Waals surface area contributed by atoms with Crippen LogP contribution in [0.2, 0.25) is 0 Å². The summed E-state index contributed by atoms with van der Waals surface area (Å²) >= 11 is 0. The summed E-state index contributed by atoms with van der Waals surface area (Å²) in [6.45, 7) is 15.2. The van der Waals surface area contributed by atoms with Gasteiger partial charge in [-0.3, -0.25) is 14.6 Å². The van der Waals surface area contributed by atoms with Crippen molar-refractivity contribution in [1.82, 2.24) is 25.3 Å². The number of halogens is 1. The van der Waals surface area contributed by atoms with Crippen LogP contribution in [0.1, 0.15) is 50.6 Å². The van der Waals surface area contributed by atoms with E-state index in [4.69, 9.17) is 0 Å². The van der Waals surface area contributed by atoms with E-state index in [0.29, 0.717) is 0 Å². The Morgan fingerprint density at radius 1 is 1.31 bits per heavy atom. The Morgan fingerprint density at radius 2 is 2.00 bits per heavy atom. The van der Waals surface area contributed by atoms with Gasteiger partial charge in [0.25, 0.3) is 0 Å². The smallest absolute Gasteiger partial charge is 0.191 e. The fourth-order valence-corrected chi connectivity index (χ4v) is 3.62. The van der Waals surface area contributed by atoms with Gasteiger partial charge in [-0.1, -0.05) is 6.92 Å². The van der Waals surface area contributed by atoms with E-state index in [-0.39, 0.29) is 29.5 Å². The maximum atomic E-state index is 4.48. The third kappa shape index (κ3) is 5.84. The predicted molar refractivity (Wildman–Crippen MR) is 120 cm³/mol. The van der Waals surface area contributed by atoms with Crippen molar-refractivity contribution in [3.8, 4) is 0 Å². The molecule has 1 saturated heterocycles. The standard InChI is InChI=1S/C19H36N6.HI/c1-14-9-8-10-25(12-14)19(4,5)13-22-18(20-6)21-11-17-15(2)23-24(7)16(17)3;/h14H,8-13H2,1-7H3,(H2,20,21,22);1H. The first-order chi connectivity index (χ1) is 11.7. The van der Waals surface area contributed by atoms with E-state index in [9.17, 15) is 0 Å². The van der Waals surface area contributed by atoms with Crippen LogP contribution in [-0.2, 0) is 13.6 Å². The van der Waals surface area contributed by atoms with Crippen molar-refractivity contribution in [2.75, 3.05) is 26.7 Å². The van der Waals surface area contributed by atoms with Gasteiger partial charge in [-0.05, 0) is 53.0 Å². The van der Waals surface area contributed by atoms with Crippen LogP contribution in [-0.4, -0.2) is 52.9 Å². The quantitative estimate of drug-likeness (QED) is 0.390. The molecule has 1 aliphatic rings. The topological polar surface area (TPSA) is 57.5 Å². The number of guanidine groups is 1. The van der Waals surface area contributed by atoms with Crippen LogP contribution in [0, 0.1) is 19.8 Å². The van der Waals surface area contributed by atoms with Crippen molar-refractivity contribution in [3.05, 3.63) is 17.0 Å². The van der Waals surface area contributed by atoms with Crippen LogP contribution >= 0.6 is 24.0 Å². The van der Waals surface area contributed by atoms with E-state index in [0.717, 1.165) is 30.7 Å². The lowest BCUT2D eigenvalue weighted by Gasteiger charge is -2.43. The summed E-state index contributed by atoms with van der Waals surface area (Å²) < 4.78 is 1.93. The van der Waals surface area contributed by atoms with E-state index < -0.39 is 0 Å². The van der Waals surface area contributed by atoms with Gasteiger partial charge in [-0.2, -0.15) is 5.10 Å². The van der Waals surface area contributed by atoms with Gasteiger partial charge in [0, 0.05) is 50.5 Å². The molecule has 1 aromatic heterocycles. The highest BCUT2D eigenvalue weighted by atomic mass is 127. The van der Waals surface area contributed by atoms with E-state index in [2.05, 4.69) is 60.2 Å². The monoisotopic (exact) mass is 476 g/mol. The third-order valence-electron chi connectivity index (χ3n) is 5.52.